The summed E-state index contributed by atoms with van der Waals surface area (Å²) in [6.45, 7) is 11.7. The molecule has 22 heavy (non-hydrogen) atoms. The van der Waals surface area contributed by atoms with Gasteiger partial charge in [0.25, 0.3) is 0 Å². The van der Waals surface area contributed by atoms with E-state index in [1.54, 1.807) is 12.5 Å². The lowest BCUT2D eigenvalue weighted by molar-refractivity contribution is -0.0638. The first-order valence-electron chi connectivity index (χ1n) is 8.72. The Kier molecular flexibility index (Phi) is 4.01. The first-order chi connectivity index (χ1) is 10.3. The molecule has 3 rings (SSSR count). The van der Waals surface area contributed by atoms with E-state index in [0.29, 0.717) is 11.3 Å². The molecule has 2 saturated carbocycles. The summed E-state index contributed by atoms with van der Waals surface area (Å²) in [7, 11) is 0. The Labute approximate surface area is 134 Å². The fourth-order valence-corrected chi connectivity index (χ4v) is 5.53. The van der Waals surface area contributed by atoms with Crippen LogP contribution in [0.15, 0.2) is 35.2 Å². The minimum atomic E-state index is -0.443. The molecule has 1 heterocycles. The molecule has 0 bridgehead atoms. The number of allylic oxidation sites excluding steroid dienone is 1. The van der Waals surface area contributed by atoms with Gasteiger partial charge in [-0.15, -0.1) is 0 Å². The summed E-state index contributed by atoms with van der Waals surface area (Å²) < 4.78 is 5.13. The highest BCUT2D eigenvalue weighted by Crippen LogP contribution is 2.62. The van der Waals surface area contributed by atoms with Crippen molar-refractivity contribution in [1.29, 1.82) is 0 Å². The number of rotatable bonds is 3. The zero-order chi connectivity index (χ0) is 16.0. The summed E-state index contributed by atoms with van der Waals surface area (Å²) in [6.07, 6.45) is 9.92. The Morgan fingerprint density at radius 3 is 2.82 bits per heavy atom. The highest BCUT2D eigenvalue weighted by Gasteiger charge is 2.53. The molecule has 0 unspecified atom stereocenters. The first kappa shape index (κ1) is 15.9. The van der Waals surface area contributed by atoms with Crippen molar-refractivity contribution in [3.8, 4) is 0 Å². The van der Waals surface area contributed by atoms with Crippen LogP contribution in [0.5, 0.6) is 0 Å². The predicted octanol–water partition coefficient (Wildman–Crippen LogP) is 5.50. The van der Waals surface area contributed by atoms with Crippen LogP contribution < -0.4 is 0 Å². The van der Waals surface area contributed by atoms with Crippen molar-refractivity contribution < 1.29 is 9.52 Å². The number of fused-ring (bicyclic) bond motifs is 1. The number of furan rings is 1. The summed E-state index contributed by atoms with van der Waals surface area (Å²) in [4.78, 5) is 0. The maximum absolute atomic E-state index is 10.6. The molecule has 0 aliphatic heterocycles. The Balaban J connectivity index is 1.86. The van der Waals surface area contributed by atoms with E-state index in [-0.39, 0.29) is 5.41 Å². The standard InChI is InChI=1S/C20H30O2/c1-14-6-7-18-19(2,3)9-5-10-20(18,4)16(14)12-17(21)15-8-11-22-13-15/h8,11,13,16-18,21H,1,5-7,9-10,12H2,2-4H3/t16-,17+,18-,20+/m0/s1. The zero-order valence-electron chi connectivity index (χ0n) is 14.3. The van der Waals surface area contributed by atoms with E-state index in [2.05, 4.69) is 27.4 Å². The van der Waals surface area contributed by atoms with E-state index < -0.39 is 6.10 Å². The molecule has 0 radical (unpaired) electrons. The summed E-state index contributed by atoms with van der Waals surface area (Å²) in [5.74, 6) is 1.15. The van der Waals surface area contributed by atoms with Crippen LogP contribution in [0.25, 0.3) is 0 Å². The molecule has 122 valence electrons. The number of aliphatic hydroxyl groups is 1. The molecule has 1 N–H and O–H groups in total. The van der Waals surface area contributed by atoms with Gasteiger partial charge in [0, 0.05) is 5.56 Å². The fourth-order valence-electron chi connectivity index (χ4n) is 5.53. The van der Waals surface area contributed by atoms with E-state index in [4.69, 9.17) is 4.42 Å². The SMILES string of the molecule is C=C1CC[C@H]2C(C)(C)CCC[C@]2(C)[C@H]1C[C@@H](O)c1ccoc1. The zero-order valence-corrected chi connectivity index (χ0v) is 14.3. The lowest BCUT2D eigenvalue weighted by Gasteiger charge is -2.58. The van der Waals surface area contributed by atoms with Gasteiger partial charge >= 0.3 is 0 Å². The van der Waals surface area contributed by atoms with Crippen molar-refractivity contribution in [3.63, 3.8) is 0 Å². The maximum Gasteiger partial charge on any atom is 0.0960 e. The molecule has 1 aromatic rings. The monoisotopic (exact) mass is 302 g/mol. The van der Waals surface area contributed by atoms with Gasteiger partial charge in [-0.1, -0.05) is 39.3 Å². The van der Waals surface area contributed by atoms with E-state index in [1.165, 1.54) is 31.3 Å². The molecule has 0 spiro atoms. The van der Waals surface area contributed by atoms with Crippen LogP contribution in [0.3, 0.4) is 0 Å². The summed E-state index contributed by atoms with van der Waals surface area (Å²) in [5.41, 5.74) is 2.93. The maximum atomic E-state index is 10.6. The van der Waals surface area contributed by atoms with Gasteiger partial charge in [-0.3, -0.25) is 0 Å². The second kappa shape index (κ2) is 5.56. The van der Waals surface area contributed by atoms with Crippen molar-refractivity contribution >= 4 is 0 Å². The van der Waals surface area contributed by atoms with Gasteiger partial charge in [0.2, 0.25) is 0 Å². The van der Waals surface area contributed by atoms with Crippen molar-refractivity contribution in [2.45, 2.75) is 65.4 Å². The Hall–Kier alpha value is -1.02. The lowest BCUT2D eigenvalue weighted by Crippen LogP contribution is -2.49. The highest BCUT2D eigenvalue weighted by molar-refractivity contribution is 5.18. The molecule has 0 saturated heterocycles. The minimum Gasteiger partial charge on any atom is -0.472 e. The van der Waals surface area contributed by atoms with Gasteiger partial charge in [-0.2, -0.15) is 0 Å². The molecule has 2 aliphatic carbocycles. The van der Waals surface area contributed by atoms with Crippen molar-refractivity contribution in [2.75, 3.05) is 0 Å². The second-order valence-corrected chi connectivity index (χ2v) is 8.46. The average molecular weight is 302 g/mol. The summed E-state index contributed by atoms with van der Waals surface area (Å²) >= 11 is 0. The molecule has 2 aliphatic rings. The van der Waals surface area contributed by atoms with Gasteiger partial charge in [-0.05, 0) is 60.8 Å². The third kappa shape index (κ3) is 2.56. The van der Waals surface area contributed by atoms with E-state index in [0.717, 1.165) is 24.3 Å². The van der Waals surface area contributed by atoms with Gasteiger partial charge < -0.3 is 9.52 Å². The normalized spacial score (nSPS) is 35.9. The lowest BCUT2D eigenvalue weighted by atomic mass is 9.47. The van der Waals surface area contributed by atoms with Crippen LogP contribution in [-0.4, -0.2) is 5.11 Å². The largest absolute Gasteiger partial charge is 0.472 e. The molecule has 2 fully saturated rings. The van der Waals surface area contributed by atoms with Crippen LogP contribution in [0.1, 0.15) is 71.0 Å². The Morgan fingerprint density at radius 2 is 2.14 bits per heavy atom. The average Bonchev–Trinajstić information content (AvgIpc) is 2.96. The molecule has 2 heteroatoms. The van der Waals surface area contributed by atoms with Gasteiger partial charge in [-0.25, -0.2) is 0 Å². The Bertz CT molecular complexity index is 528. The van der Waals surface area contributed by atoms with Crippen molar-refractivity contribution in [1.82, 2.24) is 0 Å². The van der Waals surface area contributed by atoms with Gasteiger partial charge in [0.15, 0.2) is 0 Å². The fraction of sp³-hybridized carbons (Fsp3) is 0.700. The third-order valence-electron chi connectivity index (χ3n) is 6.71. The van der Waals surface area contributed by atoms with Crippen molar-refractivity contribution in [2.24, 2.45) is 22.7 Å². The first-order valence-corrected chi connectivity index (χ1v) is 8.72. The smallest absolute Gasteiger partial charge is 0.0960 e. The molecular weight excluding hydrogens is 272 g/mol. The topological polar surface area (TPSA) is 33.4 Å². The molecule has 0 aromatic carbocycles. The quantitative estimate of drug-likeness (QED) is 0.748. The van der Waals surface area contributed by atoms with Crippen LogP contribution >= 0.6 is 0 Å². The minimum absolute atomic E-state index is 0.280. The van der Waals surface area contributed by atoms with Gasteiger partial charge in [0.1, 0.15) is 0 Å². The van der Waals surface area contributed by atoms with Crippen LogP contribution in [0, 0.1) is 22.7 Å². The van der Waals surface area contributed by atoms with E-state index in [1.807, 2.05) is 6.07 Å². The van der Waals surface area contributed by atoms with E-state index >= 15 is 0 Å². The summed E-state index contributed by atoms with van der Waals surface area (Å²) in [5, 5.41) is 10.6. The molecule has 2 nitrogen and oxygen atoms in total. The van der Waals surface area contributed by atoms with Gasteiger partial charge in [0.05, 0.1) is 18.6 Å². The predicted molar refractivity (Wildman–Crippen MR) is 89.4 cm³/mol. The van der Waals surface area contributed by atoms with E-state index in [9.17, 15) is 5.11 Å². The van der Waals surface area contributed by atoms with Crippen molar-refractivity contribution in [3.05, 3.63) is 36.3 Å². The second-order valence-electron chi connectivity index (χ2n) is 8.46. The number of hydrogen-bond acceptors (Lipinski definition) is 2. The molecular formula is C20H30O2. The van der Waals surface area contributed by atoms with Crippen LogP contribution in [0.2, 0.25) is 0 Å². The number of hydrogen-bond donors (Lipinski definition) is 1. The number of aliphatic hydroxyl groups excluding tert-OH is 1. The molecule has 1 aromatic heterocycles. The molecule has 4 atom stereocenters. The summed E-state index contributed by atoms with van der Waals surface area (Å²) in [6, 6.07) is 1.88. The third-order valence-corrected chi connectivity index (χ3v) is 6.71. The van der Waals surface area contributed by atoms with Crippen LogP contribution in [0.4, 0.5) is 0 Å². The van der Waals surface area contributed by atoms with Crippen LogP contribution in [-0.2, 0) is 0 Å². The molecule has 0 amide bonds. The Morgan fingerprint density at radius 1 is 1.36 bits per heavy atom. The highest BCUT2D eigenvalue weighted by atomic mass is 16.3.